The number of rotatable bonds is 7. The summed E-state index contributed by atoms with van der Waals surface area (Å²) in [4.78, 5) is 2.62. The van der Waals surface area contributed by atoms with Gasteiger partial charge in [-0.3, -0.25) is 0 Å². The molecule has 0 spiro atoms. The molecule has 1 aliphatic rings. The average Bonchev–Trinajstić information content (AvgIpc) is 2.35. The molecule has 16 heavy (non-hydrogen) atoms. The Hall–Kier alpha value is -0.0800. The van der Waals surface area contributed by atoms with E-state index in [0.29, 0.717) is 0 Å². The fourth-order valence-electron chi connectivity index (χ4n) is 2.72. The standard InChI is InChI=1S/C14H30N2/c1-4-6-7-13(5-2)12-16(3)14-8-10-15-11-9-14/h13-15H,4-12H2,1-3H3. The van der Waals surface area contributed by atoms with Crippen LogP contribution in [0.5, 0.6) is 0 Å². The largest absolute Gasteiger partial charge is 0.317 e. The third kappa shape index (κ3) is 4.84. The van der Waals surface area contributed by atoms with Crippen LogP contribution in [-0.2, 0) is 0 Å². The topological polar surface area (TPSA) is 15.3 Å². The lowest BCUT2D eigenvalue weighted by Gasteiger charge is -2.34. The highest BCUT2D eigenvalue weighted by Gasteiger charge is 2.19. The Labute approximate surface area is 102 Å². The lowest BCUT2D eigenvalue weighted by atomic mass is 9.97. The molecule has 1 atom stereocenters. The van der Waals surface area contributed by atoms with Gasteiger partial charge in [0, 0.05) is 12.6 Å². The van der Waals surface area contributed by atoms with Crippen molar-refractivity contribution in [3.63, 3.8) is 0 Å². The van der Waals surface area contributed by atoms with E-state index in [1.54, 1.807) is 0 Å². The number of hydrogen-bond donors (Lipinski definition) is 1. The lowest BCUT2D eigenvalue weighted by Crippen LogP contribution is -2.42. The number of hydrogen-bond acceptors (Lipinski definition) is 2. The SMILES string of the molecule is CCCCC(CC)CN(C)C1CCNCC1. The van der Waals surface area contributed by atoms with Crippen molar-refractivity contribution < 1.29 is 0 Å². The Bertz CT molecular complexity index is 164. The molecule has 0 aliphatic carbocycles. The zero-order valence-corrected chi connectivity index (χ0v) is 11.5. The molecule has 96 valence electrons. The molecule has 0 saturated carbocycles. The van der Waals surface area contributed by atoms with Crippen LogP contribution in [0.25, 0.3) is 0 Å². The molecule has 2 heteroatoms. The van der Waals surface area contributed by atoms with Crippen LogP contribution in [0, 0.1) is 5.92 Å². The van der Waals surface area contributed by atoms with Gasteiger partial charge in [-0.15, -0.1) is 0 Å². The first-order valence-corrected chi connectivity index (χ1v) is 7.18. The summed E-state index contributed by atoms with van der Waals surface area (Å²) in [5.74, 6) is 0.917. The van der Waals surface area contributed by atoms with Gasteiger partial charge in [0.05, 0.1) is 0 Å². The first kappa shape index (κ1) is 14.0. The van der Waals surface area contributed by atoms with Crippen LogP contribution in [0.1, 0.15) is 52.4 Å². The maximum absolute atomic E-state index is 3.44. The minimum Gasteiger partial charge on any atom is -0.317 e. The van der Waals surface area contributed by atoms with Crippen LogP contribution in [0.2, 0.25) is 0 Å². The van der Waals surface area contributed by atoms with Crippen molar-refractivity contribution in [2.75, 3.05) is 26.7 Å². The number of nitrogens with one attached hydrogen (secondary N) is 1. The van der Waals surface area contributed by atoms with Crippen molar-refractivity contribution in [1.29, 1.82) is 0 Å². The number of nitrogens with zero attached hydrogens (tertiary/aromatic N) is 1. The first-order chi connectivity index (χ1) is 7.77. The molecule has 1 saturated heterocycles. The van der Waals surface area contributed by atoms with Crippen LogP contribution in [0.4, 0.5) is 0 Å². The third-order valence-electron chi connectivity index (χ3n) is 4.02. The van der Waals surface area contributed by atoms with Gasteiger partial charge in [0.1, 0.15) is 0 Å². The molecule has 0 aromatic heterocycles. The van der Waals surface area contributed by atoms with Gasteiger partial charge < -0.3 is 10.2 Å². The quantitative estimate of drug-likeness (QED) is 0.718. The maximum Gasteiger partial charge on any atom is 0.0116 e. The van der Waals surface area contributed by atoms with Gasteiger partial charge in [-0.25, -0.2) is 0 Å². The summed E-state index contributed by atoms with van der Waals surface area (Å²) in [6, 6.07) is 0.830. The Morgan fingerprint density at radius 2 is 1.94 bits per heavy atom. The molecule has 1 fully saturated rings. The summed E-state index contributed by atoms with van der Waals surface area (Å²) < 4.78 is 0. The Morgan fingerprint density at radius 1 is 1.25 bits per heavy atom. The summed E-state index contributed by atoms with van der Waals surface area (Å²) in [6.45, 7) is 8.36. The Kier molecular flexibility index (Phi) is 7.06. The van der Waals surface area contributed by atoms with Crippen LogP contribution in [0.3, 0.4) is 0 Å². The van der Waals surface area contributed by atoms with Gasteiger partial charge in [0.15, 0.2) is 0 Å². The molecular weight excluding hydrogens is 196 g/mol. The lowest BCUT2D eigenvalue weighted by molar-refractivity contribution is 0.166. The van der Waals surface area contributed by atoms with E-state index in [2.05, 4.69) is 31.1 Å². The highest BCUT2D eigenvalue weighted by molar-refractivity contribution is 4.77. The predicted octanol–water partition coefficient (Wildman–Crippen LogP) is 2.89. The van der Waals surface area contributed by atoms with Crippen molar-refractivity contribution in [3.05, 3.63) is 0 Å². The van der Waals surface area contributed by atoms with Crippen LogP contribution in [-0.4, -0.2) is 37.6 Å². The predicted molar refractivity (Wildman–Crippen MR) is 71.8 cm³/mol. The smallest absolute Gasteiger partial charge is 0.0116 e. The monoisotopic (exact) mass is 226 g/mol. The molecule has 1 N–H and O–H groups in total. The summed E-state index contributed by atoms with van der Waals surface area (Å²) >= 11 is 0. The summed E-state index contributed by atoms with van der Waals surface area (Å²) in [5, 5.41) is 3.44. The van der Waals surface area contributed by atoms with Crippen LogP contribution in [0.15, 0.2) is 0 Å². The summed E-state index contributed by atoms with van der Waals surface area (Å²) in [7, 11) is 2.32. The van der Waals surface area contributed by atoms with Gasteiger partial charge >= 0.3 is 0 Å². The maximum atomic E-state index is 3.44. The normalized spacial score (nSPS) is 20.2. The zero-order valence-electron chi connectivity index (χ0n) is 11.5. The Morgan fingerprint density at radius 3 is 2.50 bits per heavy atom. The fraction of sp³-hybridized carbons (Fsp3) is 1.00. The molecule has 1 heterocycles. The van der Waals surface area contributed by atoms with E-state index in [-0.39, 0.29) is 0 Å². The van der Waals surface area contributed by atoms with E-state index in [9.17, 15) is 0 Å². The first-order valence-electron chi connectivity index (χ1n) is 7.18. The van der Waals surface area contributed by atoms with E-state index in [4.69, 9.17) is 0 Å². The molecule has 2 nitrogen and oxygen atoms in total. The number of unbranched alkanes of at least 4 members (excludes halogenated alkanes) is 1. The van der Waals surface area contributed by atoms with Crippen molar-refractivity contribution in [1.82, 2.24) is 10.2 Å². The van der Waals surface area contributed by atoms with E-state index in [0.717, 1.165) is 12.0 Å². The minimum absolute atomic E-state index is 0.830. The van der Waals surface area contributed by atoms with E-state index in [1.165, 1.54) is 58.2 Å². The fourth-order valence-corrected chi connectivity index (χ4v) is 2.72. The molecule has 1 unspecified atom stereocenters. The molecule has 0 radical (unpaired) electrons. The highest BCUT2D eigenvalue weighted by Crippen LogP contribution is 2.17. The molecular formula is C14H30N2. The van der Waals surface area contributed by atoms with Crippen molar-refractivity contribution >= 4 is 0 Å². The minimum atomic E-state index is 0.830. The van der Waals surface area contributed by atoms with Crippen molar-refractivity contribution in [3.8, 4) is 0 Å². The average molecular weight is 226 g/mol. The molecule has 0 aromatic carbocycles. The third-order valence-corrected chi connectivity index (χ3v) is 4.02. The molecule has 1 rings (SSSR count). The van der Waals surface area contributed by atoms with Gasteiger partial charge in [-0.1, -0.05) is 33.1 Å². The second kappa shape index (κ2) is 8.08. The van der Waals surface area contributed by atoms with Gasteiger partial charge in [0.2, 0.25) is 0 Å². The molecule has 0 aromatic rings. The zero-order chi connectivity index (χ0) is 11.8. The van der Waals surface area contributed by atoms with Gasteiger partial charge in [-0.2, -0.15) is 0 Å². The van der Waals surface area contributed by atoms with E-state index < -0.39 is 0 Å². The molecule has 1 aliphatic heterocycles. The van der Waals surface area contributed by atoms with Gasteiger partial charge in [-0.05, 0) is 45.3 Å². The molecule has 0 bridgehead atoms. The summed E-state index contributed by atoms with van der Waals surface area (Å²) in [6.07, 6.45) is 8.17. The van der Waals surface area contributed by atoms with Crippen LogP contribution < -0.4 is 5.32 Å². The van der Waals surface area contributed by atoms with E-state index in [1.807, 2.05) is 0 Å². The van der Waals surface area contributed by atoms with E-state index >= 15 is 0 Å². The second-order valence-electron chi connectivity index (χ2n) is 5.34. The molecule has 0 amide bonds. The van der Waals surface area contributed by atoms with Crippen LogP contribution >= 0.6 is 0 Å². The van der Waals surface area contributed by atoms with Crippen molar-refractivity contribution in [2.45, 2.75) is 58.4 Å². The second-order valence-corrected chi connectivity index (χ2v) is 5.34. The Balaban J connectivity index is 2.26. The highest BCUT2D eigenvalue weighted by atomic mass is 15.1. The van der Waals surface area contributed by atoms with Crippen molar-refractivity contribution in [2.24, 2.45) is 5.92 Å². The summed E-state index contributed by atoms with van der Waals surface area (Å²) in [5.41, 5.74) is 0. The number of piperidine rings is 1. The van der Waals surface area contributed by atoms with Gasteiger partial charge in [0.25, 0.3) is 0 Å².